The average molecular weight is 512 g/mol. The van der Waals surface area contributed by atoms with E-state index in [2.05, 4.69) is 25.8 Å². The molecular weight excluding hydrogens is 490 g/mol. The molecule has 0 bridgehead atoms. The van der Waals surface area contributed by atoms with Crippen LogP contribution in [0.5, 0.6) is 0 Å². The van der Waals surface area contributed by atoms with Gasteiger partial charge in [-0.1, -0.05) is 36.4 Å². The van der Waals surface area contributed by atoms with Crippen molar-refractivity contribution in [3.8, 4) is 5.69 Å². The van der Waals surface area contributed by atoms with Gasteiger partial charge in [-0.15, -0.1) is 17.5 Å². The van der Waals surface area contributed by atoms with Gasteiger partial charge in [0.15, 0.2) is 5.82 Å². The fourth-order valence-corrected chi connectivity index (χ4v) is 4.50. The Balaban J connectivity index is 0.00000280. The zero-order chi connectivity index (χ0) is 24.5. The number of nitrogens with zero attached hydrogens (tertiary/aromatic N) is 6. The predicted octanol–water partition coefficient (Wildman–Crippen LogP) is 4.42. The Morgan fingerprint density at radius 1 is 0.865 bits per heavy atom. The van der Waals surface area contributed by atoms with Gasteiger partial charge in [0.25, 0.3) is 0 Å². The number of hydrogen-bond acceptors (Lipinski definition) is 6. The zero-order valence-electron chi connectivity index (χ0n) is 19.6. The molecule has 3 aromatic carbocycles. The zero-order valence-corrected chi connectivity index (χ0v) is 20.4. The summed E-state index contributed by atoms with van der Waals surface area (Å²) < 4.78 is 1.69. The molecule has 0 fully saturated rings. The summed E-state index contributed by atoms with van der Waals surface area (Å²) in [7, 11) is 0. The topological polar surface area (TPSA) is 106 Å². The van der Waals surface area contributed by atoms with E-state index in [9.17, 15) is 9.59 Å². The number of tetrazole rings is 1. The molecule has 0 aliphatic carbocycles. The molecule has 37 heavy (non-hydrogen) atoms. The van der Waals surface area contributed by atoms with Gasteiger partial charge in [-0.2, -0.15) is 4.68 Å². The van der Waals surface area contributed by atoms with Crippen molar-refractivity contribution in [3.63, 3.8) is 0 Å². The highest BCUT2D eigenvalue weighted by Gasteiger charge is 2.28. The van der Waals surface area contributed by atoms with Crippen molar-refractivity contribution in [2.75, 3.05) is 10.2 Å². The van der Waals surface area contributed by atoms with Gasteiger partial charge in [-0.25, -0.2) is 0 Å². The Morgan fingerprint density at radius 2 is 1.68 bits per heavy atom. The minimum absolute atomic E-state index is 0. The van der Waals surface area contributed by atoms with E-state index < -0.39 is 0 Å². The van der Waals surface area contributed by atoms with Gasteiger partial charge in [0, 0.05) is 29.9 Å². The first-order valence-corrected chi connectivity index (χ1v) is 11.6. The van der Waals surface area contributed by atoms with Crippen LogP contribution >= 0.6 is 12.4 Å². The first kappa shape index (κ1) is 24.1. The molecule has 0 unspecified atom stereocenters. The van der Waals surface area contributed by atoms with Crippen LogP contribution in [0.25, 0.3) is 16.5 Å². The smallest absolute Gasteiger partial charge is 0.241 e. The fraction of sp³-hybridized carbons (Fsp3) is 0.111. The molecule has 0 saturated heterocycles. The number of halogens is 1. The molecule has 0 atom stereocenters. The van der Waals surface area contributed by atoms with E-state index in [1.54, 1.807) is 15.8 Å². The lowest BCUT2D eigenvalue weighted by atomic mass is 10.1. The summed E-state index contributed by atoms with van der Waals surface area (Å²) in [4.78, 5) is 31.4. The van der Waals surface area contributed by atoms with Crippen molar-refractivity contribution in [3.05, 3.63) is 96.6 Å². The molecule has 5 aromatic rings. The van der Waals surface area contributed by atoms with E-state index in [-0.39, 0.29) is 30.6 Å². The van der Waals surface area contributed by atoms with Crippen LogP contribution in [0.1, 0.15) is 17.8 Å². The van der Waals surface area contributed by atoms with E-state index in [4.69, 9.17) is 0 Å². The summed E-state index contributed by atoms with van der Waals surface area (Å²) in [5.74, 6) is 0.0987. The lowest BCUT2D eigenvalue weighted by Gasteiger charge is -2.23. The SMILES string of the molecule is Cl.O=C1CC(=O)N(c2ccc(-n3nnnc3CCc3cccnc3)cc2)c2ccc3ccccc3c2N1. The maximum atomic E-state index is 13.1. The van der Waals surface area contributed by atoms with Crippen molar-refractivity contribution in [1.29, 1.82) is 0 Å². The van der Waals surface area contributed by atoms with Crippen molar-refractivity contribution < 1.29 is 9.59 Å². The third-order valence-electron chi connectivity index (χ3n) is 6.22. The van der Waals surface area contributed by atoms with Crippen LogP contribution in [-0.2, 0) is 22.4 Å². The first-order valence-electron chi connectivity index (χ1n) is 11.6. The van der Waals surface area contributed by atoms with Gasteiger partial charge in [0.2, 0.25) is 11.8 Å². The molecular formula is C27H22ClN7O2. The van der Waals surface area contributed by atoms with Crippen molar-refractivity contribution >= 4 is 52.1 Å². The number of aryl methyl sites for hydroxylation is 2. The van der Waals surface area contributed by atoms with Crippen molar-refractivity contribution in [2.45, 2.75) is 19.3 Å². The second-order valence-electron chi connectivity index (χ2n) is 8.52. The summed E-state index contributed by atoms with van der Waals surface area (Å²) in [6, 6.07) is 23.0. The van der Waals surface area contributed by atoms with E-state index >= 15 is 0 Å². The molecule has 0 saturated carbocycles. The molecule has 9 nitrogen and oxygen atoms in total. The molecule has 2 amide bonds. The third-order valence-corrected chi connectivity index (χ3v) is 6.22. The van der Waals surface area contributed by atoms with Gasteiger partial charge >= 0.3 is 0 Å². The van der Waals surface area contributed by atoms with Gasteiger partial charge in [0.05, 0.1) is 17.1 Å². The Morgan fingerprint density at radius 3 is 2.49 bits per heavy atom. The van der Waals surface area contributed by atoms with Crippen LogP contribution in [0.15, 0.2) is 85.2 Å². The van der Waals surface area contributed by atoms with Gasteiger partial charge in [-0.3, -0.25) is 19.5 Å². The Labute approximate surface area is 218 Å². The molecule has 10 heteroatoms. The van der Waals surface area contributed by atoms with Crippen molar-refractivity contribution in [1.82, 2.24) is 25.2 Å². The first-order chi connectivity index (χ1) is 17.7. The normalized spacial score (nSPS) is 13.0. The second kappa shape index (κ2) is 10.2. The van der Waals surface area contributed by atoms with E-state index in [0.717, 1.165) is 34.3 Å². The van der Waals surface area contributed by atoms with E-state index in [0.29, 0.717) is 23.5 Å². The number of fused-ring (bicyclic) bond motifs is 3. The monoisotopic (exact) mass is 511 g/mol. The largest absolute Gasteiger partial charge is 0.323 e. The number of carbonyl (C=O) groups excluding carboxylic acids is 2. The molecule has 2 aromatic heterocycles. The average Bonchev–Trinajstić information content (AvgIpc) is 3.33. The molecule has 1 aliphatic rings. The van der Waals surface area contributed by atoms with Gasteiger partial charge < -0.3 is 5.32 Å². The quantitative estimate of drug-likeness (QED) is 0.350. The fourth-order valence-electron chi connectivity index (χ4n) is 4.50. The number of rotatable bonds is 5. The highest BCUT2D eigenvalue weighted by Crippen LogP contribution is 2.40. The summed E-state index contributed by atoms with van der Waals surface area (Å²) >= 11 is 0. The van der Waals surface area contributed by atoms with Crippen LogP contribution in [0.2, 0.25) is 0 Å². The number of aromatic nitrogens is 5. The van der Waals surface area contributed by atoms with Crippen molar-refractivity contribution in [2.24, 2.45) is 0 Å². The predicted molar refractivity (Wildman–Crippen MR) is 142 cm³/mol. The molecule has 3 heterocycles. The number of carbonyl (C=O) groups is 2. The molecule has 1 N–H and O–H groups in total. The van der Waals surface area contributed by atoms with Crippen LogP contribution < -0.4 is 10.2 Å². The number of amides is 2. The van der Waals surface area contributed by atoms with Crippen LogP contribution in [0, 0.1) is 0 Å². The lowest BCUT2D eigenvalue weighted by molar-refractivity contribution is -0.124. The summed E-state index contributed by atoms with van der Waals surface area (Å²) in [5.41, 5.74) is 3.81. The number of anilines is 3. The number of nitrogens with one attached hydrogen (secondary N) is 1. The highest BCUT2D eigenvalue weighted by molar-refractivity contribution is 6.21. The van der Waals surface area contributed by atoms with Gasteiger partial charge in [-0.05, 0) is 64.2 Å². The summed E-state index contributed by atoms with van der Waals surface area (Å²) in [5, 5.41) is 17.0. The Kier molecular flexibility index (Phi) is 6.61. The highest BCUT2D eigenvalue weighted by atomic mass is 35.5. The molecule has 184 valence electrons. The molecule has 1 aliphatic heterocycles. The number of pyridine rings is 1. The van der Waals surface area contributed by atoms with Crippen LogP contribution in [-0.4, -0.2) is 37.0 Å². The number of hydrogen-bond donors (Lipinski definition) is 1. The van der Waals surface area contributed by atoms with Gasteiger partial charge in [0.1, 0.15) is 6.42 Å². The molecule has 0 radical (unpaired) electrons. The Hall–Kier alpha value is -4.63. The van der Waals surface area contributed by atoms with E-state index in [1.807, 2.05) is 79.0 Å². The summed E-state index contributed by atoms with van der Waals surface area (Å²) in [6.07, 6.45) is 4.76. The van der Waals surface area contributed by atoms with E-state index in [1.165, 1.54) is 0 Å². The molecule has 6 rings (SSSR count). The standard InChI is InChI=1S/C27H21N7O2.ClH/c35-25-16-26(36)33(23-13-8-19-5-1-2-6-22(19)27(23)29-25)20-9-11-21(12-10-20)34-24(30-31-32-34)14-7-18-4-3-15-28-17-18;/h1-6,8-13,15,17H,7,14,16H2,(H,29,35);1H. The van der Waals surface area contributed by atoms with Crippen LogP contribution in [0.4, 0.5) is 17.1 Å². The Bertz CT molecular complexity index is 1590. The third kappa shape index (κ3) is 4.64. The number of benzene rings is 3. The maximum Gasteiger partial charge on any atom is 0.241 e. The minimum atomic E-state index is -0.330. The minimum Gasteiger partial charge on any atom is -0.323 e. The second-order valence-corrected chi connectivity index (χ2v) is 8.52. The maximum absolute atomic E-state index is 13.1. The van der Waals surface area contributed by atoms with Crippen LogP contribution in [0.3, 0.4) is 0 Å². The summed E-state index contributed by atoms with van der Waals surface area (Å²) in [6.45, 7) is 0. The lowest BCUT2D eigenvalue weighted by Crippen LogP contribution is -2.26. The molecule has 0 spiro atoms.